The van der Waals surface area contributed by atoms with Gasteiger partial charge in [0.15, 0.2) is 0 Å². The number of benzene rings is 1. The monoisotopic (exact) mass is 294 g/mol. The van der Waals surface area contributed by atoms with Crippen molar-refractivity contribution in [3.8, 4) is 5.75 Å². The fourth-order valence-corrected chi connectivity index (χ4v) is 1.89. The zero-order valence-corrected chi connectivity index (χ0v) is 14.0. The van der Waals surface area contributed by atoms with Gasteiger partial charge in [0.1, 0.15) is 18.5 Å². The van der Waals surface area contributed by atoms with E-state index in [4.69, 9.17) is 4.74 Å². The molecule has 1 atom stereocenters. The molecule has 0 amide bonds. The highest BCUT2D eigenvalue weighted by Gasteiger charge is 2.07. The number of hydrogen-bond acceptors (Lipinski definition) is 4. The lowest BCUT2D eigenvalue weighted by Gasteiger charge is -2.21. The fraction of sp³-hybridized carbons (Fsp3) is 0.647. The molecule has 4 heteroatoms. The standard InChI is InChI=1S/C17H30N2O2/c1-13(2)19(5)9-8-18-11-16(20)12-21-17-10-14(3)6-7-15(17)4/h6-7,10,13,16,18,20H,8-9,11-12H2,1-5H3. The van der Waals surface area contributed by atoms with Gasteiger partial charge in [0.05, 0.1) is 0 Å². The van der Waals surface area contributed by atoms with Gasteiger partial charge in [-0.05, 0) is 51.9 Å². The van der Waals surface area contributed by atoms with Gasteiger partial charge < -0.3 is 20.1 Å². The first kappa shape index (κ1) is 18.0. The van der Waals surface area contributed by atoms with Crippen molar-refractivity contribution >= 4 is 0 Å². The molecule has 1 rings (SSSR count). The minimum atomic E-state index is -0.491. The molecule has 0 spiro atoms. The predicted molar refractivity (Wildman–Crippen MR) is 88.1 cm³/mol. The number of rotatable bonds is 9. The van der Waals surface area contributed by atoms with E-state index >= 15 is 0 Å². The molecule has 120 valence electrons. The molecule has 0 radical (unpaired) electrons. The van der Waals surface area contributed by atoms with Crippen LogP contribution in [0.2, 0.25) is 0 Å². The summed E-state index contributed by atoms with van der Waals surface area (Å²) in [5.74, 6) is 0.855. The molecular formula is C17H30N2O2. The number of nitrogens with zero attached hydrogens (tertiary/aromatic N) is 1. The zero-order chi connectivity index (χ0) is 15.8. The van der Waals surface area contributed by atoms with Crippen LogP contribution >= 0.6 is 0 Å². The molecule has 0 fully saturated rings. The summed E-state index contributed by atoms with van der Waals surface area (Å²) in [6.45, 7) is 11.1. The summed E-state index contributed by atoms with van der Waals surface area (Å²) in [7, 11) is 2.10. The Morgan fingerprint density at radius 3 is 2.67 bits per heavy atom. The van der Waals surface area contributed by atoms with Crippen molar-refractivity contribution in [2.75, 3.05) is 33.3 Å². The summed E-state index contributed by atoms with van der Waals surface area (Å²) in [5.41, 5.74) is 2.26. The molecule has 2 N–H and O–H groups in total. The molecule has 0 heterocycles. The van der Waals surface area contributed by atoms with Crippen molar-refractivity contribution in [1.29, 1.82) is 0 Å². The highest BCUT2D eigenvalue weighted by atomic mass is 16.5. The lowest BCUT2D eigenvalue weighted by molar-refractivity contribution is 0.105. The van der Waals surface area contributed by atoms with Crippen LogP contribution in [0.5, 0.6) is 5.75 Å². The van der Waals surface area contributed by atoms with E-state index in [0.717, 1.165) is 24.4 Å². The Balaban J connectivity index is 2.22. The van der Waals surface area contributed by atoms with E-state index in [9.17, 15) is 5.11 Å². The van der Waals surface area contributed by atoms with Crippen LogP contribution in [-0.4, -0.2) is 55.4 Å². The first-order valence-corrected chi connectivity index (χ1v) is 7.69. The molecular weight excluding hydrogens is 264 g/mol. The number of aryl methyl sites for hydroxylation is 2. The van der Waals surface area contributed by atoms with Crippen molar-refractivity contribution < 1.29 is 9.84 Å². The molecule has 0 saturated heterocycles. The van der Waals surface area contributed by atoms with Crippen LogP contribution in [0.1, 0.15) is 25.0 Å². The van der Waals surface area contributed by atoms with Crippen LogP contribution in [0, 0.1) is 13.8 Å². The summed E-state index contributed by atoms with van der Waals surface area (Å²) in [4.78, 5) is 2.27. The molecule has 0 bridgehead atoms. The lowest BCUT2D eigenvalue weighted by atomic mass is 10.1. The van der Waals surface area contributed by atoms with E-state index in [1.807, 2.05) is 26.0 Å². The predicted octanol–water partition coefficient (Wildman–Crippen LogP) is 1.97. The van der Waals surface area contributed by atoms with Gasteiger partial charge in [-0.3, -0.25) is 0 Å². The van der Waals surface area contributed by atoms with Crippen LogP contribution in [-0.2, 0) is 0 Å². The summed E-state index contributed by atoms with van der Waals surface area (Å²) in [6, 6.07) is 6.65. The van der Waals surface area contributed by atoms with Gasteiger partial charge in [-0.2, -0.15) is 0 Å². The number of aliphatic hydroxyl groups is 1. The third-order valence-electron chi connectivity index (χ3n) is 3.68. The van der Waals surface area contributed by atoms with Crippen LogP contribution in [0.15, 0.2) is 18.2 Å². The van der Waals surface area contributed by atoms with Gasteiger partial charge >= 0.3 is 0 Å². The van der Waals surface area contributed by atoms with Crippen molar-refractivity contribution in [3.63, 3.8) is 0 Å². The average Bonchev–Trinajstić information content (AvgIpc) is 2.44. The Bertz CT molecular complexity index is 421. The van der Waals surface area contributed by atoms with Gasteiger partial charge in [-0.1, -0.05) is 12.1 Å². The van der Waals surface area contributed by atoms with Crippen molar-refractivity contribution in [2.45, 2.75) is 39.8 Å². The average molecular weight is 294 g/mol. The Labute approximate surface area is 129 Å². The van der Waals surface area contributed by atoms with E-state index < -0.39 is 6.10 Å². The Kier molecular flexibility index (Phi) is 7.72. The molecule has 1 aromatic carbocycles. The summed E-state index contributed by atoms with van der Waals surface area (Å²) >= 11 is 0. The van der Waals surface area contributed by atoms with Crippen LogP contribution in [0.3, 0.4) is 0 Å². The minimum Gasteiger partial charge on any atom is -0.491 e. The molecule has 1 aromatic rings. The Morgan fingerprint density at radius 1 is 1.29 bits per heavy atom. The van der Waals surface area contributed by atoms with Gasteiger partial charge in [0.25, 0.3) is 0 Å². The normalized spacial score (nSPS) is 13.0. The Hall–Kier alpha value is -1.10. The zero-order valence-electron chi connectivity index (χ0n) is 14.0. The summed E-state index contributed by atoms with van der Waals surface area (Å²) in [6.07, 6.45) is -0.491. The van der Waals surface area contributed by atoms with Gasteiger partial charge in [-0.25, -0.2) is 0 Å². The molecule has 0 aliphatic rings. The minimum absolute atomic E-state index is 0.317. The highest BCUT2D eigenvalue weighted by Crippen LogP contribution is 2.19. The Morgan fingerprint density at radius 2 is 2.00 bits per heavy atom. The number of aliphatic hydroxyl groups excluding tert-OH is 1. The third kappa shape index (κ3) is 6.93. The molecule has 1 unspecified atom stereocenters. The topological polar surface area (TPSA) is 44.7 Å². The number of nitrogens with one attached hydrogen (secondary N) is 1. The van der Waals surface area contributed by atoms with Gasteiger partial charge in [0, 0.05) is 25.7 Å². The number of hydrogen-bond donors (Lipinski definition) is 2. The van der Waals surface area contributed by atoms with E-state index in [0.29, 0.717) is 19.2 Å². The van der Waals surface area contributed by atoms with E-state index in [1.165, 1.54) is 5.56 Å². The highest BCUT2D eigenvalue weighted by molar-refractivity contribution is 5.35. The molecule has 0 aromatic heterocycles. The molecule has 0 saturated carbocycles. The van der Waals surface area contributed by atoms with Crippen LogP contribution in [0.25, 0.3) is 0 Å². The van der Waals surface area contributed by atoms with E-state index in [2.05, 4.69) is 37.2 Å². The second-order valence-electron chi connectivity index (χ2n) is 6.01. The number of likely N-dealkylation sites (N-methyl/N-ethyl adjacent to an activating group) is 1. The second kappa shape index (κ2) is 9.03. The summed E-state index contributed by atoms with van der Waals surface area (Å²) < 4.78 is 5.70. The van der Waals surface area contributed by atoms with Crippen LogP contribution < -0.4 is 10.1 Å². The van der Waals surface area contributed by atoms with Crippen molar-refractivity contribution in [3.05, 3.63) is 29.3 Å². The van der Waals surface area contributed by atoms with Crippen molar-refractivity contribution in [1.82, 2.24) is 10.2 Å². The quantitative estimate of drug-likeness (QED) is 0.684. The van der Waals surface area contributed by atoms with E-state index in [1.54, 1.807) is 0 Å². The lowest BCUT2D eigenvalue weighted by Crippen LogP contribution is -2.38. The third-order valence-corrected chi connectivity index (χ3v) is 3.68. The maximum absolute atomic E-state index is 9.94. The second-order valence-corrected chi connectivity index (χ2v) is 6.01. The molecule has 4 nitrogen and oxygen atoms in total. The maximum atomic E-state index is 9.94. The van der Waals surface area contributed by atoms with Crippen molar-refractivity contribution in [2.24, 2.45) is 0 Å². The molecule has 21 heavy (non-hydrogen) atoms. The summed E-state index contributed by atoms with van der Waals surface area (Å²) in [5, 5.41) is 13.2. The van der Waals surface area contributed by atoms with Gasteiger partial charge in [-0.15, -0.1) is 0 Å². The maximum Gasteiger partial charge on any atom is 0.122 e. The fourth-order valence-electron chi connectivity index (χ4n) is 1.89. The first-order valence-electron chi connectivity index (χ1n) is 7.69. The molecule has 0 aliphatic heterocycles. The van der Waals surface area contributed by atoms with Crippen LogP contribution in [0.4, 0.5) is 0 Å². The number of ether oxygens (including phenoxy) is 1. The van der Waals surface area contributed by atoms with E-state index in [-0.39, 0.29) is 0 Å². The SMILES string of the molecule is Cc1ccc(C)c(OCC(O)CNCCN(C)C(C)C)c1. The largest absolute Gasteiger partial charge is 0.491 e. The first-order chi connectivity index (χ1) is 9.90. The van der Waals surface area contributed by atoms with Gasteiger partial charge in [0.2, 0.25) is 0 Å². The smallest absolute Gasteiger partial charge is 0.122 e. The molecule has 0 aliphatic carbocycles.